The fraction of sp³-hybridized carbons (Fsp3) is 0.440. The summed E-state index contributed by atoms with van der Waals surface area (Å²) in [5.74, 6) is 0.176. The standard InChI is InChI=1S/C25H32Cl2N2O3/c1-6-17(4)28-25(31)22(7-2)29(14-19-11-12-20(26)13-21(19)27)24(30)15-32-23-10-8-9-16(3)18(23)5/h8-13,17,22H,6-7,14-15H2,1-5H3,(H,28,31)/t17-,22+/m0/s1. The molecule has 2 rings (SSSR count). The molecule has 0 aliphatic heterocycles. The van der Waals surface area contributed by atoms with Gasteiger partial charge >= 0.3 is 0 Å². The largest absolute Gasteiger partial charge is 0.483 e. The fourth-order valence-corrected chi connectivity index (χ4v) is 3.77. The van der Waals surface area contributed by atoms with Crippen LogP contribution in [0.4, 0.5) is 0 Å². The summed E-state index contributed by atoms with van der Waals surface area (Å²) in [6.45, 7) is 9.77. The summed E-state index contributed by atoms with van der Waals surface area (Å²) in [5.41, 5.74) is 2.78. The summed E-state index contributed by atoms with van der Waals surface area (Å²) < 4.78 is 5.85. The van der Waals surface area contributed by atoms with Crippen LogP contribution in [0, 0.1) is 13.8 Å². The number of carbonyl (C=O) groups is 2. The number of benzene rings is 2. The topological polar surface area (TPSA) is 58.6 Å². The number of carbonyl (C=O) groups excluding carboxylic acids is 2. The van der Waals surface area contributed by atoms with Crippen molar-refractivity contribution in [1.29, 1.82) is 0 Å². The molecule has 0 bridgehead atoms. The van der Waals surface area contributed by atoms with Gasteiger partial charge in [0, 0.05) is 22.6 Å². The average molecular weight is 479 g/mol. The molecule has 0 fully saturated rings. The maximum absolute atomic E-state index is 13.3. The number of rotatable bonds is 10. The first-order valence-electron chi connectivity index (χ1n) is 10.9. The van der Waals surface area contributed by atoms with Gasteiger partial charge in [0.15, 0.2) is 6.61 Å². The van der Waals surface area contributed by atoms with Crippen molar-refractivity contribution in [2.24, 2.45) is 0 Å². The van der Waals surface area contributed by atoms with Gasteiger partial charge in [0.1, 0.15) is 11.8 Å². The van der Waals surface area contributed by atoms with Crippen LogP contribution in [0.25, 0.3) is 0 Å². The van der Waals surface area contributed by atoms with Crippen molar-refractivity contribution >= 4 is 35.0 Å². The zero-order valence-corrected chi connectivity index (χ0v) is 20.9. The minimum absolute atomic E-state index is 0.0128. The van der Waals surface area contributed by atoms with Crippen LogP contribution in [-0.4, -0.2) is 35.4 Å². The number of halogens is 2. The molecule has 5 nitrogen and oxygen atoms in total. The molecular formula is C25H32Cl2N2O3. The van der Waals surface area contributed by atoms with Crippen molar-refractivity contribution in [3.8, 4) is 5.75 Å². The molecule has 2 aromatic carbocycles. The molecule has 0 unspecified atom stereocenters. The molecular weight excluding hydrogens is 447 g/mol. The predicted molar refractivity (Wildman–Crippen MR) is 130 cm³/mol. The van der Waals surface area contributed by atoms with E-state index in [9.17, 15) is 9.59 Å². The molecule has 2 aromatic rings. The van der Waals surface area contributed by atoms with Crippen molar-refractivity contribution in [2.45, 2.75) is 66.1 Å². The molecule has 7 heteroatoms. The van der Waals surface area contributed by atoms with Gasteiger partial charge in [-0.3, -0.25) is 9.59 Å². The number of nitrogens with one attached hydrogen (secondary N) is 1. The molecule has 0 aliphatic rings. The highest BCUT2D eigenvalue weighted by molar-refractivity contribution is 6.35. The van der Waals surface area contributed by atoms with Crippen molar-refractivity contribution in [3.63, 3.8) is 0 Å². The SMILES string of the molecule is CC[C@H](C(=O)N[C@@H](C)CC)N(Cc1ccc(Cl)cc1Cl)C(=O)COc1cccc(C)c1C. The molecule has 0 heterocycles. The number of nitrogens with zero attached hydrogens (tertiary/aromatic N) is 1. The van der Waals surface area contributed by atoms with Gasteiger partial charge < -0.3 is 15.0 Å². The minimum Gasteiger partial charge on any atom is -0.483 e. The Balaban J connectivity index is 2.29. The van der Waals surface area contributed by atoms with Crippen LogP contribution >= 0.6 is 23.2 Å². The van der Waals surface area contributed by atoms with Gasteiger partial charge in [-0.15, -0.1) is 0 Å². The molecule has 0 aliphatic carbocycles. The van der Waals surface area contributed by atoms with Crippen LogP contribution in [-0.2, 0) is 16.1 Å². The van der Waals surface area contributed by atoms with Crippen LogP contribution in [0.5, 0.6) is 5.75 Å². The lowest BCUT2D eigenvalue weighted by atomic mass is 10.1. The van der Waals surface area contributed by atoms with E-state index in [1.807, 2.05) is 52.8 Å². The highest BCUT2D eigenvalue weighted by atomic mass is 35.5. The first-order valence-corrected chi connectivity index (χ1v) is 11.7. The van der Waals surface area contributed by atoms with E-state index in [2.05, 4.69) is 5.32 Å². The first-order chi connectivity index (χ1) is 15.2. The van der Waals surface area contributed by atoms with Gasteiger partial charge in [-0.1, -0.05) is 55.2 Å². The normalized spacial score (nSPS) is 12.7. The van der Waals surface area contributed by atoms with Crippen LogP contribution in [0.2, 0.25) is 10.0 Å². The summed E-state index contributed by atoms with van der Waals surface area (Å²) in [6.07, 6.45) is 1.26. The predicted octanol–water partition coefficient (Wildman–Crippen LogP) is 5.71. The van der Waals surface area contributed by atoms with E-state index in [1.165, 1.54) is 4.90 Å². The van der Waals surface area contributed by atoms with E-state index in [4.69, 9.17) is 27.9 Å². The fourth-order valence-electron chi connectivity index (χ4n) is 3.30. The highest BCUT2D eigenvalue weighted by Crippen LogP contribution is 2.25. The van der Waals surface area contributed by atoms with E-state index < -0.39 is 6.04 Å². The second-order valence-electron chi connectivity index (χ2n) is 7.99. The molecule has 0 radical (unpaired) electrons. The van der Waals surface area contributed by atoms with Gasteiger partial charge in [-0.25, -0.2) is 0 Å². The lowest BCUT2D eigenvalue weighted by Crippen LogP contribution is -2.51. The molecule has 2 amide bonds. The lowest BCUT2D eigenvalue weighted by Gasteiger charge is -2.31. The van der Waals surface area contributed by atoms with E-state index >= 15 is 0 Å². The maximum Gasteiger partial charge on any atom is 0.261 e. The van der Waals surface area contributed by atoms with E-state index in [0.717, 1.165) is 17.5 Å². The Kier molecular flexibility index (Phi) is 9.85. The van der Waals surface area contributed by atoms with Crippen molar-refractivity contribution < 1.29 is 14.3 Å². The van der Waals surface area contributed by atoms with Crippen LogP contribution in [0.15, 0.2) is 36.4 Å². The third-order valence-corrected chi connectivity index (χ3v) is 6.24. The second kappa shape index (κ2) is 12.1. The van der Waals surface area contributed by atoms with Crippen molar-refractivity contribution in [1.82, 2.24) is 10.2 Å². The quantitative estimate of drug-likeness (QED) is 0.475. The van der Waals surface area contributed by atoms with Crippen molar-refractivity contribution in [3.05, 3.63) is 63.1 Å². The Morgan fingerprint density at radius 1 is 1.09 bits per heavy atom. The Labute approximate surface area is 201 Å². The van der Waals surface area contributed by atoms with Gasteiger partial charge in [-0.2, -0.15) is 0 Å². The van der Waals surface area contributed by atoms with E-state index in [0.29, 0.717) is 27.8 Å². The molecule has 1 N–H and O–H groups in total. The molecule has 0 spiro atoms. The minimum atomic E-state index is -0.648. The zero-order chi connectivity index (χ0) is 23.8. The summed E-state index contributed by atoms with van der Waals surface area (Å²) in [7, 11) is 0. The van der Waals surface area contributed by atoms with Crippen LogP contribution in [0.1, 0.15) is 50.3 Å². The summed E-state index contributed by atoms with van der Waals surface area (Å²) in [5, 5.41) is 3.95. The van der Waals surface area contributed by atoms with E-state index in [1.54, 1.807) is 18.2 Å². The summed E-state index contributed by atoms with van der Waals surface area (Å²) >= 11 is 12.4. The number of ether oxygens (including phenoxy) is 1. The van der Waals surface area contributed by atoms with Gasteiger partial charge in [0.25, 0.3) is 5.91 Å². The molecule has 0 saturated heterocycles. The maximum atomic E-state index is 13.3. The van der Waals surface area contributed by atoms with Crippen molar-refractivity contribution in [2.75, 3.05) is 6.61 Å². The number of hydrogen-bond donors (Lipinski definition) is 1. The Hall–Kier alpha value is -2.24. The second-order valence-corrected chi connectivity index (χ2v) is 8.83. The molecule has 0 saturated carbocycles. The average Bonchev–Trinajstić information content (AvgIpc) is 2.75. The van der Waals surface area contributed by atoms with Gasteiger partial charge in [0.05, 0.1) is 0 Å². The highest BCUT2D eigenvalue weighted by Gasteiger charge is 2.30. The Morgan fingerprint density at radius 2 is 1.81 bits per heavy atom. The van der Waals surface area contributed by atoms with Crippen LogP contribution < -0.4 is 10.1 Å². The molecule has 0 aromatic heterocycles. The molecule has 32 heavy (non-hydrogen) atoms. The van der Waals surface area contributed by atoms with Crippen LogP contribution in [0.3, 0.4) is 0 Å². The molecule has 2 atom stereocenters. The number of amides is 2. The zero-order valence-electron chi connectivity index (χ0n) is 19.4. The van der Waals surface area contributed by atoms with Gasteiger partial charge in [-0.05, 0) is 68.5 Å². The monoisotopic (exact) mass is 478 g/mol. The number of hydrogen-bond acceptors (Lipinski definition) is 3. The molecule has 174 valence electrons. The Bertz CT molecular complexity index is 949. The lowest BCUT2D eigenvalue weighted by molar-refractivity contribution is -0.143. The summed E-state index contributed by atoms with van der Waals surface area (Å²) in [4.78, 5) is 27.8. The number of aryl methyl sites for hydroxylation is 1. The third kappa shape index (κ3) is 6.88. The van der Waals surface area contributed by atoms with Gasteiger partial charge in [0.2, 0.25) is 5.91 Å². The smallest absolute Gasteiger partial charge is 0.261 e. The first kappa shape index (κ1) is 26.0. The Morgan fingerprint density at radius 3 is 2.44 bits per heavy atom. The summed E-state index contributed by atoms with van der Waals surface area (Å²) in [6, 6.07) is 10.2. The van der Waals surface area contributed by atoms with E-state index in [-0.39, 0.29) is 31.0 Å². The third-order valence-electron chi connectivity index (χ3n) is 5.65.